The third-order valence-electron chi connectivity index (χ3n) is 9.19. The van der Waals surface area contributed by atoms with Crippen molar-refractivity contribution in [2.45, 2.75) is 136 Å². The van der Waals surface area contributed by atoms with E-state index in [1.54, 1.807) is 0 Å². The Morgan fingerprint density at radius 1 is 0.674 bits per heavy atom. The van der Waals surface area contributed by atoms with Crippen LogP contribution in [0, 0.1) is 0 Å². The van der Waals surface area contributed by atoms with Gasteiger partial charge in [0.1, 0.15) is 61.0 Å². The van der Waals surface area contributed by atoms with E-state index in [2.05, 4.69) is 5.32 Å². The molecule has 0 aromatic carbocycles. The topological polar surface area (TPSA) is 319 Å². The summed E-state index contributed by atoms with van der Waals surface area (Å²) < 4.78 is 36.2. The zero-order valence-corrected chi connectivity index (χ0v) is 23.7. The molecule has 19 atom stereocenters. The minimum atomic E-state index is -1.42. The Kier molecular flexibility index (Phi) is 10.9. The Bertz CT molecular complexity index is 915. The molecule has 18 heteroatoms. The molecule has 5 fully saturated rings. The van der Waals surface area contributed by atoms with Gasteiger partial charge >= 0.3 is 0 Å². The molecule has 1 saturated carbocycles. The second kappa shape index (κ2) is 14.0. The van der Waals surface area contributed by atoms with Crippen LogP contribution in [0.15, 0.2) is 0 Å². The van der Waals surface area contributed by atoms with Crippen molar-refractivity contribution in [3.63, 3.8) is 0 Å². The van der Waals surface area contributed by atoms with Crippen molar-refractivity contribution in [2.24, 2.45) is 28.7 Å². The van der Waals surface area contributed by atoms with Crippen LogP contribution in [0.4, 0.5) is 0 Å². The van der Waals surface area contributed by atoms with Crippen molar-refractivity contribution in [2.75, 3.05) is 19.6 Å². The molecule has 4 heterocycles. The Hall–Kier alpha value is -0.720. The summed E-state index contributed by atoms with van der Waals surface area (Å²) in [7, 11) is 0. The van der Waals surface area contributed by atoms with E-state index in [1.165, 1.54) is 0 Å². The van der Waals surface area contributed by atoms with E-state index in [4.69, 9.17) is 57.1 Å². The number of aliphatic hydroxyl groups is 6. The van der Waals surface area contributed by atoms with Gasteiger partial charge in [0, 0.05) is 25.2 Å². The second-order valence-electron chi connectivity index (χ2n) is 12.1. The van der Waals surface area contributed by atoms with Gasteiger partial charge in [-0.3, -0.25) is 0 Å². The summed E-state index contributed by atoms with van der Waals surface area (Å²) in [5.74, 6) is 0. The molecular formula is C25H48N6O12. The molecule has 2 bridgehead atoms. The molecule has 0 unspecified atom stereocenters. The van der Waals surface area contributed by atoms with Crippen molar-refractivity contribution < 1.29 is 59.1 Å². The van der Waals surface area contributed by atoms with E-state index < -0.39 is 116 Å². The number of rotatable bonds is 4. The number of nitrogens with one attached hydrogen (secondary N) is 1. The lowest BCUT2D eigenvalue weighted by Crippen LogP contribution is -2.68. The first-order valence-electron chi connectivity index (χ1n) is 14.9. The van der Waals surface area contributed by atoms with Crippen LogP contribution in [0.3, 0.4) is 0 Å². The van der Waals surface area contributed by atoms with Crippen LogP contribution in [0.2, 0.25) is 0 Å². The zero-order chi connectivity index (χ0) is 31.2. The Morgan fingerprint density at radius 3 is 2.02 bits per heavy atom. The number of ether oxygens (including phenoxy) is 6. The van der Waals surface area contributed by atoms with E-state index in [9.17, 15) is 30.6 Å². The van der Waals surface area contributed by atoms with Crippen LogP contribution in [0.25, 0.3) is 0 Å². The van der Waals surface area contributed by atoms with Gasteiger partial charge in [0.25, 0.3) is 0 Å². The highest BCUT2D eigenvalue weighted by molar-refractivity contribution is 5.03. The fourth-order valence-electron chi connectivity index (χ4n) is 6.59. The van der Waals surface area contributed by atoms with Gasteiger partial charge in [0.15, 0.2) is 18.9 Å². The van der Waals surface area contributed by atoms with Crippen molar-refractivity contribution in [1.82, 2.24) is 5.32 Å². The minimum Gasteiger partial charge on any atom is -0.389 e. The highest BCUT2D eigenvalue weighted by atomic mass is 16.8. The van der Waals surface area contributed by atoms with Gasteiger partial charge < -0.3 is 93.0 Å². The average molecular weight is 625 g/mol. The molecule has 0 aromatic heterocycles. The molecule has 250 valence electrons. The quantitative estimate of drug-likeness (QED) is 0.138. The molecule has 4 aliphatic heterocycles. The standard InChI is InChI=1S/C25H48N6O12/c26-5-10-15(33)17(35)12(30)23(39-10)42-21-9-2-1-3-31-13-18(36)16(34)11(6-27)40-24(13)41-20-8(29)4-7(28)14(32)22(20)43-25(38-9)19(21)37/h7-25,31-37H,1-6,26-30H2/t7-,8+,9-,10+,11-,12-,13-,14+,15-,16-,17-,18-,19-,20-,21-,22-,23-,24-,25+/m1/s1. The van der Waals surface area contributed by atoms with Crippen molar-refractivity contribution in [3.05, 3.63) is 0 Å². The Balaban J connectivity index is 1.41. The first kappa shape index (κ1) is 33.6. The summed E-state index contributed by atoms with van der Waals surface area (Å²) in [6.45, 7) is 0.0954. The summed E-state index contributed by atoms with van der Waals surface area (Å²) in [6, 6.07) is -3.61. The highest BCUT2D eigenvalue weighted by Crippen LogP contribution is 2.36. The maximum absolute atomic E-state index is 11.4. The molecule has 0 spiro atoms. The summed E-state index contributed by atoms with van der Waals surface area (Å²) in [5, 5.41) is 67.8. The second-order valence-corrected chi connectivity index (χ2v) is 12.1. The largest absolute Gasteiger partial charge is 0.389 e. The van der Waals surface area contributed by atoms with Crippen molar-refractivity contribution in [3.8, 4) is 0 Å². The fraction of sp³-hybridized carbons (Fsp3) is 1.00. The molecule has 0 aromatic rings. The minimum absolute atomic E-state index is 0.0868. The fourth-order valence-corrected chi connectivity index (χ4v) is 6.59. The van der Waals surface area contributed by atoms with Gasteiger partial charge in [0.2, 0.25) is 0 Å². The molecule has 0 radical (unpaired) electrons. The normalized spacial score (nSPS) is 54.9. The van der Waals surface area contributed by atoms with Gasteiger partial charge in [-0.25, -0.2) is 0 Å². The highest BCUT2D eigenvalue weighted by Gasteiger charge is 2.54. The zero-order valence-electron chi connectivity index (χ0n) is 23.7. The number of hydrogen-bond donors (Lipinski definition) is 12. The van der Waals surface area contributed by atoms with Crippen LogP contribution in [-0.2, 0) is 28.4 Å². The number of fused-ring (bicyclic) bond motifs is 4. The van der Waals surface area contributed by atoms with Crippen LogP contribution in [0.5, 0.6) is 0 Å². The summed E-state index contributed by atoms with van der Waals surface area (Å²) >= 11 is 0. The van der Waals surface area contributed by atoms with Gasteiger partial charge in [-0.15, -0.1) is 0 Å². The molecule has 5 rings (SSSR count). The smallest absolute Gasteiger partial charge is 0.187 e. The predicted molar refractivity (Wildman–Crippen MR) is 144 cm³/mol. The van der Waals surface area contributed by atoms with E-state index in [-0.39, 0.29) is 19.5 Å². The van der Waals surface area contributed by atoms with Gasteiger partial charge in [-0.05, 0) is 25.8 Å². The van der Waals surface area contributed by atoms with Crippen LogP contribution < -0.4 is 34.0 Å². The lowest BCUT2D eigenvalue weighted by atomic mass is 9.84. The molecule has 43 heavy (non-hydrogen) atoms. The van der Waals surface area contributed by atoms with E-state index >= 15 is 0 Å². The maximum atomic E-state index is 11.4. The van der Waals surface area contributed by atoms with Crippen LogP contribution in [-0.4, -0.2) is 167 Å². The van der Waals surface area contributed by atoms with E-state index in [1.807, 2.05) is 0 Å². The van der Waals surface area contributed by atoms with E-state index in [0.29, 0.717) is 19.4 Å². The lowest BCUT2D eigenvalue weighted by Gasteiger charge is -2.48. The summed E-state index contributed by atoms with van der Waals surface area (Å²) in [4.78, 5) is 0. The monoisotopic (exact) mass is 624 g/mol. The number of hydrogen-bond acceptors (Lipinski definition) is 18. The molecule has 0 amide bonds. The van der Waals surface area contributed by atoms with E-state index in [0.717, 1.165) is 0 Å². The van der Waals surface area contributed by atoms with Crippen LogP contribution in [0.1, 0.15) is 19.3 Å². The van der Waals surface area contributed by atoms with Crippen molar-refractivity contribution >= 4 is 0 Å². The molecule has 17 N–H and O–H groups in total. The molecule has 5 aliphatic rings. The summed E-state index contributed by atoms with van der Waals surface area (Å²) in [5.41, 5.74) is 30.1. The lowest BCUT2D eigenvalue weighted by molar-refractivity contribution is -0.309. The first-order valence-corrected chi connectivity index (χ1v) is 14.9. The first-order chi connectivity index (χ1) is 20.5. The van der Waals surface area contributed by atoms with Crippen molar-refractivity contribution in [1.29, 1.82) is 0 Å². The Labute approximate surface area is 248 Å². The van der Waals surface area contributed by atoms with Gasteiger partial charge in [0.05, 0.1) is 24.3 Å². The van der Waals surface area contributed by atoms with Gasteiger partial charge in [-0.2, -0.15) is 0 Å². The number of aliphatic hydroxyl groups excluding tert-OH is 6. The predicted octanol–water partition coefficient (Wildman–Crippen LogP) is -7.46. The average Bonchev–Trinajstić information content (AvgIpc) is 3.27. The third kappa shape index (κ3) is 6.59. The maximum Gasteiger partial charge on any atom is 0.187 e. The molecular weight excluding hydrogens is 576 g/mol. The molecule has 1 aliphatic carbocycles. The number of nitrogens with two attached hydrogens (primary N) is 5. The SMILES string of the molecule is NC[C@@H]1O[C@H](O[C@H]2[C@@H](O)[C@@H]3O[C@@H]4[C@@H](O)[C@H](N)C[C@H](N)[C@H]4O[C@H]4O[C@H](CN)[C@@H](O)[C@H](O)[C@H]4NCCC[C@H]2O3)[C@H](N)[C@@H](O)[C@@H]1O. The van der Waals surface area contributed by atoms with Gasteiger partial charge in [-0.1, -0.05) is 0 Å². The molecule has 4 saturated heterocycles. The molecule has 18 nitrogen and oxygen atoms in total. The summed E-state index contributed by atoms with van der Waals surface area (Å²) in [6.07, 6.45) is -16.8. The third-order valence-corrected chi connectivity index (χ3v) is 9.19. The van der Waals surface area contributed by atoms with Crippen LogP contribution >= 0.6 is 0 Å². The Morgan fingerprint density at radius 2 is 1.33 bits per heavy atom.